The first-order valence-electron chi connectivity index (χ1n) is 9.78. The van der Waals surface area contributed by atoms with E-state index >= 15 is 0 Å². The zero-order chi connectivity index (χ0) is 23.6. The van der Waals surface area contributed by atoms with E-state index < -0.39 is 11.9 Å². The molecule has 0 aromatic heterocycles. The normalized spacial score (nSPS) is 10.6. The number of methoxy groups -OCH3 is 1. The lowest BCUT2D eigenvalue weighted by Gasteiger charge is -2.11. The minimum absolute atomic E-state index is 0.211. The van der Waals surface area contributed by atoms with Gasteiger partial charge in [-0.3, -0.25) is 4.79 Å². The van der Waals surface area contributed by atoms with Crippen molar-refractivity contribution in [3.8, 4) is 17.2 Å². The van der Waals surface area contributed by atoms with Crippen molar-refractivity contribution < 1.29 is 28.9 Å². The molecule has 1 amide bonds. The molecule has 3 aromatic carbocycles. The average Bonchev–Trinajstić information content (AvgIpc) is 2.82. The SMILES string of the molecule is COc1cc(/C=N/NC(=O)COc2ccccc2Cl)ccc1OCc1ccc(C(=O)O)cc1. The number of nitrogens with one attached hydrogen (secondary N) is 1. The van der Waals surface area contributed by atoms with Crippen molar-refractivity contribution in [2.45, 2.75) is 6.61 Å². The number of carboxylic acid groups (broad SMARTS) is 1. The number of halogens is 1. The van der Waals surface area contributed by atoms with E-state index in [2.05, 4.69) is 10.5 Å². The molecule has 0 bridgehead atoms. The van der Waals surface area contributed by atoms with Gasteiger partial charge in [0.1, 0.15) is 12.4 Å². The van der Waals surface area contributed by atoms with Gasteiger partial charge in [-0.1, -0.05) is 35.9 Å². The van der Waals surface area contributed by atoms with Crippen LogP contribution >= 0.6 is 11.6 Å². The van der Waals surface area contributed by atoms with Gasteiger partial charge in [-0.25, -0.2) is 10.2 Å². The highest BCUT2D eigenvalue weighted by Crippen LogP contribution is 2.28. The van der Waals surface area contributed by atoms with Crippen LogP contribution in [0.3, 0.4) is 0 Å². The molecule has 0 aliphatic rings. The number of carboxylic acids is 1. The predicted molar refractivity (Wildman–Crippen MR) is 123 cm³/mol. The highest BCUT2D eigenvalue weighted by atomic mass is 35.5. The number of amides is 1. The van der Waals surface area contributed by atoms with Crippen LogP contribution < -0.4 is 19.6 Å². The van der Waals surface area contributed by atoms with Crippen molar-refractivity contribution in [1.82, 2.24) is 5.43 Å². The number of hydrogen-bond donors (Lipinski definition) is 2. The molecule has 0 fully saturated rings. The van der Waals surface area contributed by atoms with Gasteiger partial charge in [0, 0.05) is 0 Å². The minimum Gasteiger partial charge on any atom is -0.493 e. The van der Waals surface area contributed by atoms with Gasteiger partial charge in [-0.05, 0) is 53.6 Å². The lowest BCUT2D eigenvalue weighted by Crippen LogP contribution is -2.24. The van der Waals surface area contributed by atoms with Crippen molar-refractivity contribution >= 4 is 29.7 Å². The van der Waals surface area contributed by atoms with Gasteiger partial charge in [0.05, 0.1) is 23.9 Å². The predicted octanol–water partition coefficient (Wildman–Crippen LogP) is 4.15. The van der Waals surface area contributed by atoms with E-state index in [0.29, 0.717) is 27.8 Å². The van der Waals surface area contributed by atoms with E-state index in [1.165, 1.54) is 25.5 Å². The third-order valence-corrected chi connectivity index (χ3v) is 4.69. The van der Waals surface area contributed by atoms with Crippen LogP contribution in [0.4, 0.5) is 0 Å². The molecule has 0 saturated carbocycles. The third kappa shape index (κ3) is 6.98. The Balaban J connectivity index is 1.53. The Morgan fingerprint density at radius 3 is 2.45 bits per heavy atom. The fourth-order valence-corrected chi connectivity index (χ4v) is 2.89. The van der Waals surface area contributed by atoms with Gasteiger partial charge < -0.3 is 19.3 Å². The number of aromatic carboxylic acids is 1. The Hall–Kier alpha value is -4.04. The Bertz CT molecular complexity index is 1150. The summed E-state index contributed by atoms with van der Waals surface area (Å²) in [5, 5.41) is 13.3. The molecule has 170 valence electrons. The summed E-state index contributed by atoms with van der Waals surface area (Å²) in [4.78, 5) is 22.8. The van der Waals surface area contributed by atoms with Crippen molar-refractivity contribution in [3.63, 3.8) is 0 Å². The Morgan fingerprint density at radius 1 is 1.00 bits per heavy atom. The molecule has 3 rings (SSSR count). The average molecular weight is 469 g/mol. The molecule has 0 atom stereocenters. The molecule has 0 aliphatic heterocycles. The third-order valence-electron chi connectivity index (χ3n) is 4.38. The maximum absolute atomic E-state index is 11.9. The first-order chi connectivity index (χ1) is 16.0. The van der Waals surface area contributed by atoms with Crippen LogP contribution in [-0.2, 0) is 11.4 Å². The Kier molecular flexibility index (Phi) is 8.26. The molecule has 0 radical (unpaired) electrons. The van der Waals surface area contributed by atoms with Crippen molar-refractivity contribution in [1.29, 1.82) is 0 Å². The highest BCUT2D eigenvalue weighted by Gasteiger charge is 2.08. The lowest BCUT2D eigenvalue weighted by molar-refractivity contribution is -0.123. The number of benzene rings is 3. The van der Waals surface area contributed by atoms with Crippen LogP contribution in [0.1, 0.15) is 21.5 Å². The first-order valence-corrected chi connectivity index (χ1v) is 10.2. The van der Waals surface area contributed by atoms with Crippen LogP contribution in [0.2, 0.25) is 5.02 Å². The summed E-state index contributed by atoms with van der Waals surface area (Å²) in [6.07, 6.45) is 1.46. The molecule has 3 aromatic rings. The van der Waals surface area contributed by atoms with Crippen molar-refractivity contribution in [2.24, 2.45) is 5.10 Å². The van der Waals surface area contributed by atoms with Gasteiger partial charge in [0.2, 0.25) is 0 Å². The number of rotatable bonds is 10. The monoisotopic (exact) mass is 468 g/mol. The summed E-state index contributed by atoms with van der Waals surface area (Å²) in [6, 6.07) is 18.5. The number of hydrazone groups is 1. The largest absolute Gasteiger partial charge is 0.493 e. The van der Waals surface area contributed by atoms with Gasteiger partial charge >= 0.3 is 5.97 Å². The fraction of sp³-hybridized carbons (Fsp3) is 0.125. The Morgan fingerprint density at radius 2 is 1.76 bits per heavy atom. The summed E-state index contributed by atoms with van der Waals surface area (Å²) in [6.45, 7) is 0.00972. The molecule has 8 nitrogen and oxygen atoms in total. The smallest absolute Gasteiger partial charge is 0.335 e. The second-order valence-corrected chi connectivity index (χ2v) is 7.12. The lowest BCUT2D eigenvalue weighted by atomic mass is 10.1. The topological polar surface area (TPSA) is 106 Å². The fourth-order valence-electron chi connectivity index (χ4n) is 2.70. The number of hydrogen-bond acceptors (Lipinski definition) is 6. The summed E-state index contributed by atoms with van der Waals surface area (Å²) >= 11 is 5.98. The molecule has 0 unspecified atom stereocenters. The van der Waals surface area contributed by atoms with E-state index in [1.807, 2.05) is 0 Å². The van der Waals surface area contributed by atoms with E-state index in [-0.39, 0.29) is 18.8 Å². The van der Waals surface area contributed by atoms with Gasteiger partial charge in [-0.15, -0.1) is 0 Å². The van der Waals surface area contributed by atoms with Gasteiger partial charge in [0.15, 0.2) is 18.1 Å². The second-order valence-electron chi connectivity index (χ2n) is 6.71. The van der Waals surface area contributed by atoms with Gasteiger partial charge in [0.25, 0.3) is 5.91 Å². The Labute approximate surface area is 195 Å². The van der Waals surface area contributed by atoms with Crippen LogP contribution in [0.5, 0.6) is 17.2 Å². The molecule has 2 N–H and O–H groups in total. The highest BCUT2D eigenvalue weighted by molar-refractivity contribution is 6.32. The van der Waals surface area contributed by atoms with Crippen LogP contribution in [-0.4, -0.2) is 36.9 Å². The van der Waals surface area contributed by atoms with E-state index in [1.54, 1.807) is 54.6 Å². The molecule has 0 spiro atoms. The molecule has 0 aliphatic carbocycles. The minimum atomic E-state index is -0.981. The summed E-state index contributed by atoms with van der Waals surface area (Å²) < 4.78 is 16.5. The maximum Gasteiger partial charge on any atom is 0.335 e. The molecular formula is C24H21ClN2O6. The first kappa shape index (κ1) is 23.6. The number of carbonyl (C=O) groups is 2. The number of nitrogens with zero attached hydrogens (tertiary/aromatic N) is 1. The van der Waals surface area contributed by atoms with Crippen LogP contribution in [0, 0.1) is 0 Å². The molecular weight excluding hydrogens is 448 g/mol. The van der Waals surface area contributed by atoms with E-state index in [4.69, 9.17) is 30.9 Å². The van der Waals surface area contributed by atoms with E-state index in [0.717, 1.165) is 5.56 Å². The van der Waals surface area contributed by atoms with Crippen molar-refractivity contribution in [3.05, 3.63) is 88.4 Å². The summed E-state index contributed by atoms with van der Waals surface area (Å²) in [5.74, 6) is -0.0159. The zero-order valence-electron chi connectivity index (χ0n) is 17.7. The molecule has 9 heteroatoms. The van der Waals surface area contributed by atoms with Gasteiger partial charge in [-0.2, -0.15) is 5.10 Å². The molecule has 33 heavy (non-hydrogen) atoms. The molecule has 0 saturated heterocycles. The van der Waals surface area contributed by atoms with Crippen molar-refractivity contribution in [2.75, 3.05) is 13.7 Å². The summed E-state index contributed by atoms with van der Waals surface area (Å²) in [7, 11) is 1.51. The number of ether oxygens (including phenoxy) is 3. The second kappa shape index (κ2) is 11.5. The van der Waals surface area contributed by atoms with Crippen LogP contribution in [0.15, 0.2) is 71.8 Å². The standard InChI is InChI=1S/C24H21ClN2O6/c1-31-22-12-17(13-26-27-23(28)15-33-20-5-3-2-4-19(20)25)8-11-21(22)32-14-16-6-9-18(10-7-16)24(29)30/h2-13H,14-15H2,1H3,(H,27,28)(H,29,30)/b26-13+. The quantitative estimate of drug-likeness (QED) is 0.342. The van der Waals surface area contributed by atoms with Crippen LogP contribution in [0.25, 0.3) is 0 Å². The number of carbonyl (C=O) groups excluding carboxylic acids is 1. The maximum atomic E-state index is 11.9. The summed E-state index contributed by atoms with van der Waals surface area (Å²) in [5.41, 5.74) is 4.08. The number of para-hydroxylation sites is 1. The zero-order valence-corrected chi connectivity index (χ0v) is 18.4. The van der Waals surface area contributed by atoms with E-state index in [9.17, 15) is 9.59 Å². The molecule has 0 heterocycles.